The number of carbonyl (C=O) groups is 2. The predicted octanol–water partition coefficient (Wildman–Crippen LogP) is 5.65. The molecule has 0 radical (unpaired) electrons. The molecule has 2 nitrogen and oxygen atoms in total. The van der Waals surface area contributed by atoms with Gasteiger partial charge in [0.15, 0.2) is 5.78 Å². The quantitative estimate of drug-likeness (QED) is 0.686. The molecule has 0 aliphatic heterocycles. The van der Waals surface area contributed by atoms with E-state index in [1.54, 1.807) is 36.4 Å². The van der Waals surface area contributed by atoms with Crippen LogP contribution in [0.25, 0.3) is 0 Å². The standard InChI is InChI=1S/C16H7Cl3O2S/c17-9-4-2-5-10(18)16(9)22-13-6-1-3-8-14(13)12(20)7-11(19)15(8)21/h1-7H. The molecule has 1 aliphatic rings. The van der Waals surface area contributed by atoms with E-state index < -0.39 is 0 Å². The number of ketones is 2. The number of halogens is 3. The topological polar surface area (TPSA) is 34.1 Å². The van der Waals surface area contributed by atoms with Crippen molar-refractivity contribution in [2.45, 2.75) is 9.79 Å². The molecule has 0 spiro atoms. The highest BCUT2D eigenvalue weighted by molar-refractivity contribution is 7.99. The number of rotatable bonds is 2. The first-order chi connectivity index (χ1) is 10.5. The lowest BCUT2D eigenvalue weighted by atomic mass is 9.95. The lowest BCUT2D eigenvalue weighted by molar-refractivity contribution is 0.0988. The second-order valence-corrected chi connectivity index (χ2v) is 6.79. The van der Waals surface area contributed by atoms with Crippen molar-refractivity contribution in [3.63, 3.8) is 0 Å². The van der Waals surface area contributed by atoms with E-state index in [2.05, 4.69) is 0 Å². The summed E-state index contributed by atoms with van der Waals surface area (Å²) >= 11 is 19.4. The maximum Gasteiger partial charge on any atom is 0.205 e. The Kier molecular flexibility index (Phi) is 4.33. The summed E-state index contributed by atoms with van der Waals surface area (Å²) in [7, 11) is 0. The first-order valence-corrected chi connectivity index (χ1v) is 8.15. The van der Waals surface area contributed by atoms with Crippen molar-refractivity contribution in [1.29, 1.82) is 0 Å². The number of Topliss-reactive ketones (excluding diaryl/α,β-unsaturated/α-hetero) is 1. The maximum absolute atomic E-state index is 12.2. The molecule has 2 aromatic carbocycles. The van der Waals surface area contributed by atoms with Crippen LogP contribution in [0.2, 0.25) is 10.0 Å². The summed E-state index contributed by atoms with van der Waals surface area (Å²) in [6, 6.07) is 10.2. The van der Waals surface area contributed by atoms with Crippen LogP contribution in [0.1, 0.15) is 20.7 Å². The molecule has 0 bridgehead atoms. The normalized spacial score (nSPS) is 13.9. The van der Waals surface area contributed by atoms with E-state index in [1.165, 1.54) is 11.8 Å². The molecule has 0 aromatic heterocycles. The third-order valence-corrected chi connectivity index (χ3v) is 5.46. The summed E-state index contributed by atoms with van der Waals surface area (Å²) in [6.45, 7) is 0. The van der Waals surface area contributed by atoms with E-state index >= 15 is 0 Å². The lowest BCUT2D eigenvalue weighted by Crippen LogP contribution is -2.15. The Labute approximate surface area is 146 Å². The van der Waals surface area contributed by atoms with Crippen molar-refractivity contribution in [2.24, 2.45) is 0 Å². The van der Waals surface area contributed by atoms with Crippen molar-refractivity contribution in [2.75, 3.05) is 0 Å². The van der Waals surface area contributed by atoms with E-state index in [-0.39, 0.29) is 16.6 Å². The molecular weight excluding hydrogens is 363 g/mol. The molecule has 0 N–H and O–H groups in total. The average Bonchev–Trinajstić information content (AvgIpc) is 2.48. The summed E-state index contributed by atoms with van der Waals surface area (Å²) in [5.41, 5.74) is 0.628. The Morgan fingerprint density at radius 2 is 1.50 bits per heavy atom. The minimum Gasteiger partial charge on any atom is -0.289 e. The third-order valence-electron chi connectivity index (χ3n) is 3.12. The van der Waals surface area contributed by atoms with Gasteiger partial charge in [-0.05, 0) is 18.2 Å². The molecule has 0 fully saturated rings. The van der Waals surface area contributed by atoms with Crippen molar-refractivity contribution in [1.82, 2.24) is 0 Å². The van der Waals surface area contributed by atoms with Crippen LogP contribution >= 0.6 is 46.6 Å². The van der Waals surface area contributed by atoms with Gasteiger partial charge in [-0.25, -0.2) is 0 Å². The molecule has 2 aromatic rings. The van der Waals surface area contributed by atoms with Crippen LogP contribution in [-0.2, 0) is 0 Å². The predicted molar refractivity (Wildman–Crippen MR) is 89.6 cm³/mol. The second-order valence-electron chi connectivity index (χ2n) is 4.52. The van der Waals surface area contributed by atoms with Gasteiger partial charge in [0, 0.05) is 27.0 Å². The first-order valence-electron chi connectivity index (χ1n) is 6.20. The molecule has 0 saturated carbocycles. The van der Waals surface area contributed by atoms with Gasteiger partial charge in [-0.3, -0.25) is 9.59 Å². The maximum atomic E-state index is 12.2. The lowest BCUT2D eigenvalue weighted by Gasteiger charge is -2.16. The van der Waals surface area contributed by atoms with Crippen LogP contribution in [0.5, 0.6) is 0 Å². The van der Waals surface area contributed by atoms with Crippen LogP contribution in [-0.4, -0.2) is 11.6 Å². The van der Waals surface area contributed by atoms with Crippen LogP contribution in [0, 0.1) is 0 Å². The van der Waals surface area contributed by atoms with Crippen molar-refractivity contribution in [3.8, 4) is 0 Å². The van der Waals surface area contributed by atoms with E-state index in [4.69, 9.17) is 34.8 Å². The molecule has 1 aliphatic carbocycles. The van der Waals surface area contributed by atoms with Gasteiger partial charge >= 0.3 is 0 Å². The molecule has 22 heavy (non-hydrogen) atoms. The summed E-state index contributed by atoms with van der Waals surface area (Å²) < 4.78 is 0. The van der Waals surface area contributed by atoms with Gasteiger partial charge in [-0.15, -0.1) is 0 Å². The van der Waals surface area contributed by atoms with Crippen molar-refractivity contribution < 1.29 is 9.59 Å². The summed E-state index contributed by atoms with van der Waals surface area (Å²) in [5, 5.41) is 0.895. The summed E-state index contributed by atoms with van der Waals surface area (Å²) in [5.74, 6) is -0.658. The Bertz CT molecular complexity index is 823. The number of fused-ring (bicyclic) bond motifs is 1. The van der Waals surface area contributed by atoms with Crippen molar-refractivity contribution in [3.05, 3.63) is 68.7 Å². The molecular formula is C16H7Cl3O2S. The molecule has 6 heteroatoms. The number of carbonyl (C=O) groups excluding carboxylic acids is 2. The van der Waals surface area contributed by atoms with E-state index in [1.807, 2.05) is 0 Å². The number of benzene rings is 2. The molecule has 0 heterocycles. The molecule has 3 rings (SSSR count). The highest BCUT2D eigenvalue weighted by atomic mass is 35.5. The monoisotopic (exact) mass is 368 g/mol. The average molecular weight is 370 g/mol. The molecule has 0 atom stereocenters. The van der Waals surface area contributed by atoms with Gasteiger partial charge in [0.2, 0.25) is 5.78 Å². The summed E-state index contributed by atoms with van der Waals surface area (Å²) in [6.07, 6.45) is 1.14. The highest BCUT2D eigenvalue weighted by Gasteiger charge is 2.27. The van der Waals surface area contributed by atoms with Crippen LogP contribution < -0.4 is 0 Å². The summed E-state index contributed by atoms with van der Waals surface area (Å²) in [4.78, 5) is 25.6. The number of allylic oxidation sites excluding steroid dienone is 2. The van der Waals surface area contributed by atoms with E-state index in [0.29, 0.717) is 31.0 Å². The van der Waals surface area contributed by atoms with Crippen LogP contribution in [0.15, 0.2) is 57.3 Å². The van der Waals surface area contributed by atoms with Crippen molar-refractivity contribution >= 4 is 58.1 Å². The Morgan fingerprint density at radius 3 is 2.18 bits per heavy atom. The van der Waals surface area contributed by atoms with Gasteiger partial charge in [0.25, 0.3) is 0 Å². The first kappa shape index (κ1) is 15.6. The second kappa shape index (κ2) is 6.09. The number of hydrogen-bond acceptors (Lipinski definition) is 3. The van der Waals surface area contributed by atoms with Crippen LogP contribution in [0.3, 0.4) is 0 Å². The molecule has 0 amide bonds. The van der Waals surface area contributed by atoms with Gasteiger partial charge in [0.05, 0.1) is 15.1 Å². The largest absolute Gasteiger partial charge is 0.289 e. The molecule has 0 unspecified atom stereocenters. The smallest absolute Gasteiger partial charge is 0.205 e. The van der Waals surface area contributed by atoms with E-state index in [0.717, 1.165) is 6.08 Å². The molecule has 0 saturated heterocycles. The van der Waals surface area contributed by atoms with Gasteiger partial charge in [-0.2, -0.15) is 0 Å². The fourth-order valence-electron chi connectivity index (χ4n) is 2.13. The zero-order valence-electron chi connectivity index (χ0n) is 10.9. The fraction of sp³-hybridized carbons (Fsp3) is 0. The van der Waals surface area contributed by atoms with Gasteiger partial charge < -0.3 is 0 Å². The molecule has 110 valence electrons. The number of hydrogen-bond donors (Lipinski definition) is 0. The van der Waals surface area contributed by atoms with Crippen LogP contribution in [0.4, 0.5) is 0 Å². The zero-order chi connectivity index (χ0) is 15.9. The van der Waals surface area contributed by atoms with E-state index in [9.17, 15) is 9.59 Å². The minimum atomic E-state index is -0.357. The zero-order valence-corrected chi connectivity index (χ0v) is 14.0. The van der Waals surface area contributed by atoms with Gasteiger partial charge in [-0.1, -0.05) is 64.8 Å². The Morgan fingerprint density at radius 1 is 0.864 bits per heavy atom. The minimum absolute atomic E-state index is 0.0737. The third kappa shape index (κ3) is 2.70. The Hall–Kier alpha value is -1.26. The van der Waals surface area contributed by atoms with Gasteiger partial charge in [0.1, 0.15) is 0 Å². The Balaban J connectivity index is 2.13. The highest BCUT2D eigenvalue weighted by Crippen LogP contribution is 2.41. The fourth-order valence-corrected chi connectivity index (χ4v) is 3.97. The SMILES string of the molecule is O=C1C(Cl)=CC(=O)c2c(Sc3c(Cl)cccc3Cl)cccc21.